The van der Waals surface area contributed by atoms with Gasteiger partial charge in [-0.15, -0.1) is 0 Å². The number of H-pyrrole nitrogens is 1. The third kappa shape index (κ3) is 4.80. The van der Waals surface area contributed by atoms with Gasteiger partial charge in [0.1, 0.15) is 5.52 Å². The number of aryl methyl sites for hydroxylation is 2. The maximum atomic E-state index is 12.6. The van der Waals surface area contributed by atoms with E-state index in [1.165, 1.54) is 17.3 Å². The van der Waals surface area contributed by atoms with Gasteiger partial charge in [0.25, 0.3) is 5.56 Å². The van der Waals surface area contributed by atoms with Gasteiger partial charge >= 0.3 is 0 Å². The maximum absolute atomic E-state index is 12.6. The number of hydrogen-bond acceptors (Lipinski definition) is 4. The summed E-state index contributed by atoms with van der Waals surface area (Å²) < 4.78 is 1.60. The molecule has 2 N–H and O–H groups in total. The molecule has 3 aromatic rings. The van der Waals surface area contributed by atoms with Crippen molar-refractivity contribution in [1.29, 1.82) is 0 Å². The van der Waals surface area contributed by atoms with Crippen LogP contribution in [0.4, 0.5) is 0 Å². The predicted molar refractivity (Wildman–Crippen MR) is 109 cm³/mol. The molecule has 0 fully saturated rings. The van der Waals surface area contributed by atoms with Gasteiger partial charge in [-0.2, -0.15) is 0 Å². The molecule has 2 aromatic heterocycles. The Morgan fingerprint density at radius 2 is 2.07 bits per heavy atom. The summed E-state index contributed by atoms with van der Waals surface area (Å²) in [5, 5.41) is 3.51. The van der Waals surface area contributed by atoms with E-state index in [4.69, 9.17) is 0 Å². The quantitative estimate of drug-likeness (QED) is 0.356. The Hall–Kier alpha value is -2.54. The molecule has 0 atom stereocenters. The highest BCUT2D eigenvalue weighted by atomic mass is 32.2. The number of rotatable bonds is 8. The first-order chi connectivity index (χ1) is 13.1. The average molecular weight is 385 g/mol. The maximum Gasteiger partial charge on any atom is 0.278 e. The van der Waals surface area contributed by atoms with Crippen LogP contribution in [-0.4, -0.2) is 32.7 Å². The van der Waals surface area contributed by atoms with Crippen molar-refractivity contribution in [3.8, 4) is 0 Å². The number of fused-ring (bicyclic) bond motifs is 1. The van der Waals surface area contributed by atoms with E-state index >= 15 is 0 Å². The van der Waals surface area contributed by atoms with Gasteiger partial charge in [-0.25, -0.2) is 4.98 Å². The minimum Gasteiger partial charge on any atom is -0.355 e. The molecule has 0 aliphatic carbocycles. The first-order valence-corrected chi connectivity index (χ1v) is 10.1. The van der Waals surface area contributed by atoms with Gasteiger partial charge in [0, 0.05) is 18.8 Å². The number of carbonyl (C=O) groups is 1. The van der Waals surface area contributed by atoms with Crippen molar-refractivity contribution in [2.45, 2.75) is 38.4 Å². The number of benzene rings is 1. The van der Waals surface area contributed by atoms with Crippen molar-refractivity contribution < 1.29 is 4.79 Å². The highest BCUT2D eigenvalue weighted by Crippen LogP contribution is 2.18. The van der Waals surface area contributed by atoms with E-state index in [1.807, 2.05) is 38.1 Å². The van der Waals surface area contributed by atoms with Crippen LogP contribution in [0.2, 0.25) is 0 Å². The van der Waals surface area contributed by atoms with E-state index in [-0.39, 0.29) is 17.2 Å². The highest BCUT2D eigenvalue weighted by Gasteiger charge is 2.13. The Labute approximate surface area is 162 Å². The molecule has 1 aromatic carbocycles. The molecular formula is C20H24N4O2S. The Morgan fingerprint density at radius 1 is 1.30 bits per heavy atom. The lowest BCUT2D eigenvalue weighted by Gasteiger charge is -2.10. The fraction of sp³-hybridized carbons (Fsp3) is 0.350. The van der Waals surface area contributed by atoms with Crippen molar-refractivity contribution >= 4 is 28.7 Å². The van der Waals surface area contributed by atoms with Crippen molar-refractivity contribution in [2.75, 3.05) is 12.3 Å². The lowest BCUT2D eigenvalue weighted by atomic mass is 10.1. The lowest BCUT2D eigenvalue weighted by molar-refractivity contribution is -0.118. The number of nitrogens with zero attached hydrogens (tertiary/aromatic N) is 2. The van der Waals surface area contributed by atoms with Gasteiger partial charge in [0.15, 0.2) is 5.16 Å². The van der Waals surface area contributed by atoms with Gasteiger partial charge in [0.2, 0.25) is 5.91 Å². The second-order valence-electron chi connectivity index (χ2n) is 6.38. The zero-order valence-electron chi connectivity index (χ0n) is 15.6. The van der Waals surface area contributed by atoms with Crippen LogP contribution < -0.4 is 10.9 Å². The van der Waals surface area contributed by atoms with E-state index in [0.29, 0.717) is 29.3 Å². The van der Waals surface area contributed by atoms with Crippen LogP contribution in [0.3, 0.4) is 0 Å². The number of hydrogen-bond donors (Lipinski definition) is 2. The summed E-state index contributed by atoms with van der Waals surface area (Å²) in [5.41, 5.74) is 3.24. The molecule has 2 heterocycles. The number of carbonyl (C=O) groups excluding carboxylic acids is 1. The summed E-state index contributed by atoms with van der Waals surface area (Å²) in [6, 6.07) is 12.1. The highest BCUT2D eigenvalue weighted by molar-refractivity contribution is 7.99. The Kier molecular flexibility index (Phi) is 6.34. The van der Waals surface area contributed by atoms with Crippen molar-refractivity contribution in [3.63, 3.8) is 0 Å². The van der Waals surface area contributed by atoms with Crippen molar-refractivity contribution in [3.05, 3.63) is 58.0 Å². The molecule has 0 unspecified atom stereocenters. The van der Waals surface area contributed by atoms with Gasteiger partial charge in [0.05, 0.1) is 11.3 Å². The van der Waals surface area contributed by atoms with Gasteiger partial charge < -0.3 is 10.3 Å². The molecule has 142 valence electrons. The summed E-state index contributed by atoms with van der Waals surface area (Å²) in [5.74, 6) is 0.197. The Morgan fingerprint density at radius 3 is 2.81 bits per heavy atom. The molecule has 7 heteroatoms. The van der Waals surface area contributed by atoms with E-state index in [0.717, 1.165) is 18.5 Å². The minimum atomic E-state index is -0.0960. The molecule has 0 saturated heterocycles. The first-order valence-electron chi connectivity index (χ1n) is 9.12. The second kappa shape index (κ2) is 8.90. The van der Waals surface area contributed by atoms with Crippen LogP contribution in [0.5, 0.6) is 0 Å². The standard InChI is InChI=1S/C20H24N4O2S/c1-3-24-19(26)18-16(12-14(2)22-18)23-20(24)27-13-17(25)21-11-7-10-15-8-5-4-6-9-15/h4-6,8-9,12,22H,3,7,10-11,13H2,1-2H3,(H,21,25). The van der Waals surface area contributed by atoms with Crippen LogP contribution >= 0.6 is 11.8 Å². The third-order valence-corrected chi connectivity index (χ3v) is 5.27. The summed E-state index contributed by atoms with van der Waals surface area (Å²) in [6.07, 6.45) is 1.83. The van der Waals surface area contributed by atoms with E-state index in [1.54, 1.807) is 4.57 Å². The van der Waals surface area contributed by atoms with E-state index in [9.17, 15) is 9.59 Å². The van der Waals surface area contributed by atoms with Crippen LogP contribution in [0, 0.1) is 6.92 Å². The number of thioether (sulfide) groups is 1. The minimum absolute atomic E-state index is 0.0460. The third-order valence-electron chi connectivity index (χ3n) is 4.29. The fourth-order valence-corrected chi connectivity index (χ4v) is 3.84. The van der Waals surface area contributed by atoms with Crippen LogP contribution in [-0.2, 0) is 17.8 Å². The van der Waals surface area contributed by atoms with Gasteiger partial charge in [-0.3, -0.25) is 14.2 Å². The monoisotopic (exact) mass is 384 g/mol. The molecular weight excluding hydrogens is 360 g/mol. The van der Waals surface area contributed by atoms with Gasteiger partial charge in [-0.05, 0) is 38.3 Å². The normalized spacial score (nSPS) is 11.0. The first kappa shape index (κ1) is 19.2. The van der Waals surface area contributed by atoms with E-state index < -0.39 is 0 Å². The molecule has 0 radical (unpaired) electrons. The molecule has 0 saturated carbocycles. The predicted octanol–water partition coefficient (Wildman–Crippen LogP) is 2.89. The average Bonchev–Trinajstić information content (AvgIpc) is 3.05. The number of amides is 1. The molecule has 1 amide bonds. The molecule has 6 nitrogen and oxygen atoms in total. The van der Waals surface area contributed by atoms with Crippen molar-refractivity contribution in [2.24, 2.45) is 0 Å². The molecule has 3 rings (SSSR count). The SMILES string of the molecule is CCn1c(SCC(=O)NCCCc2ccccc2)nc2cc(C)[nH]c2c1=O. The lowest BCUT2D eigenvalue weighted by Crippen LogP contribution is -2.27. The Balaban J connectivity index is 1.54. The topological polar surface area (TPSA) is 79.8 Å². The summed E-state index contributed by atoms with van der Waals surface area (Å²) in [7, 11) is 0. The molecule has 0 aliphatic rings. The summed E-state index contributed by atoms with van der Waals surface area (Å²) >= 11 is 1.30. The zero-order chi connectivity index (χ0) is 19.2. The smallest absolute Gasteiger partial charge is 0.278 e. The number of aromatic amines is 1. The molecule has 27 heavy (non-hydrogen) atoms. The van der Waals surface area contributed by atoms with Crippen LogP contribution in [0.15, 0.2) is 46.3 Å². The molecule has 0 spiro atoms. The summed E-state index contributed by atoms with van der Waals surface area (Å²) in [4.78, 5) is 32.3. The number of nitrogens with one attached hydrogen (secondary N) is 2. The zero-order valence-corrected chi connectivity index (χ0v) is 16.4. The summed E-state index contributed by atoms with van der Waals surface area (Å²) in [6.45, 7) is 4.95. The van der Waals surface area contributed by atoms with Crippen LogP contribution in [0.1, 0.15) is 24.6 Å². The second-order valence-corrected chi connectivity index (χ2v) is 7.33. The number of aromatic nitrogens is 3. The van der Waals surface area contributed by atoms with E-state index in [2.05, 4.69) is 27.4 Å². The Bertz CT molecular complexity index is 979. The molecule has 0 aliphatic heterocycles. The molecule has 0 bridgehead atoms. The van der Waals surface area contributed by atoms with Crippen molar-refractivity contribution in [1.82, 2.24) is 19.9 Å². The largest absolute Gasteiger partial charge is 0.355 e. The van der Waals surface area contributed by atoms with Gasteiger partial charge in [-0.1, -0.05) is 42.1 Å². The van der Waals surface area contributed by atoms with Crippen LogP contribution in [0.25, 0.3) is 11.0 Å². The fourth-order valence-electron chi connectivity index (χ4n) is 2.95.